The molecule has 4 aromatic rings. The molecule has 2 aromatic carbocycles. The molecule has 0 saturated heterocycles. The molecule has 0 atom stereocenters. The van der Waals surface area contributed by atoms with E-state index in [9.17, 15) is 4.79 Å². The van der Waals surface area contributed by atoms with E-state index < -0.39 is 0 Å². The summed E-state index contributed by atoms with van der Waals surface area (Å²) in [6.45, 7) is 1.97. The number of rotatable bonds is 5. The van der Waals surface area contributed by atoms with Crippen molar-refractivity contribution in [3.63, 3.8) is 0 Å². The van der Waals surface area contributed by atoms with Crippen molar-refractivity contribution < 1.29 is 9.53 Å². The highest BCUT2D eigenvalue weighted by Gasteiger charge is 2.16. The molecule has 0 amide bonds. The average molecular weight is 380 g/mol. The molecular formula is C21H17NO2S2. The second-order valence-electron chi connectivity index (χ2n) is 6.08. The van der Waals surface area contributed by atoms with Crippen molar-refractivity contribution in [3.8, 4) is 16.3 Å². The number of nitrogens with zero attached hydrogens (tertiary/aromatic N) is 1. The van der Waals surface area contributed by atoms with E-state index in [4.69, 9.17) is 9.72 Å². The Morgan fingerprint density at radius 1 is 1.15 bits per heavy atom. The number of thiazole rings is 1. The van der Waals surface area contributed by atoms with Gasteiger partial charge in [0.15, 0.2) is 5.78 Å². The van der Waals surface area contributed by atoms with Crippen molar-refractivity contribution in [3.05, 3.63) is 69.9 Å². The molecule has 4 rings (SSSR count). The molecule has 26 heavy (non-hydrogen) atoms. The maximum absolute atomic E-state index is 12.8. The van der Waals surface area contributed by atoms with E-state index in [0.29, 0.717) is 17.7 Å². The Labute approximate surface area is 159 Å². The smallest absolute Gasteiger partial charge is 0.168 e. The Morgan fingerprint density at radius 3 is 2.81 bits per heavy atom. The third-order valence-corrected chi connectivity index (χ3v) is 6.19. The van der Waals surface area contributed by atoms with E-state index in [1.54, 1.807) is 35.8 Å². The minimum absolute atomic E-state index is 0.0943. The van der Waals surface area contributed by atoms with E-state index in [1.807, 2.05) is 42.6 Å². The topological polar surface area (TPSA) is 39.2 Å². The molecule has 5 heteroatoms. The standard InChI is InChI=1S/C21H17NO2S2/c1-13-9-14(11-15(10-13)24-2)18(23)12-20-16(7-8-25-20)21-22-17-5-3-4-6-19(17)26-21/h3-11H,12H2,1-2H3. The Kier molecular flexibility index (Phi) is 4.57. The van der Waals surface area contributed by atoms with E-state index >= 15 is 0 Å². The minimum atomic E-state index is 0.0943. The van der Waals surface area contributed by atoms with Gasteiger partial charge in [-0.15, -0.1) is 22.7 Å². The lowest BCUT2D eigenvalue weighted by molar-refractivity contribution is 0.0993. The second-order valence-corrected chi connectivity index (χ2v) is 8.11. The second kappa shape index (κ2) is 7.02. The Bertz CT molecular complexity index is 1060. The maximum Gasteiger partial charge on any atom is 0.168 e. The van der Waals surface area contributed by atoms with E-state index in [2.05, 4.69) is 12.1 Å². The van der Waals surface area contributed by atoms with Gasteiger partial charge in [0.05, 0.1) is 17.3 Å². The molecule has 2 heterocycles. The molecule has 0 saturated carbocycles. The number of Topliss-reactive ketones (excluding diaryl/α,β-unsaturated/α-hetero) is 1. The number of ketones is 1. The highest BCUT2D eigenvalue weighted by Crippen LogP contribution is 2.35. The van der Waals surface area contributed by atoms with E-state index in [1.165, 1.54) is 0 Å². The van der Waals surface area contributed by atoms with E-state index in [-0.39, 0.29) is 5.78 Å². The summed E-state index contributed by atoms with van der Waals surface area (Å²) in [7, 11) is 1.62. The quantitative estimate of drug-likeness (QED) is 0.413. The minimum Gasteiger partial charge on any atom is -0.497 e. The van der Waals surface area contributed by atoms with Gasteiger partial charge in [0.25, 0.3) is 0 Å². The molecule has 130 valence electrons. The first kappa shape index (κ1) is 16.9. The van der Waals surface area contributed by atoms with Crippen LogP contribution in [0.15, 0.2) is 53.9 Å². The van der Waals surface area contributed by atoms with Crippen LogP contribution in [0.5, 0.6) is 5.75 Å². The summed E-state index contributed by atoms with van der Waals surface area (Å²) >= 11 is 3.27. The zero-order valence-corrected chi connectivity index (χ0v) is 16.1. The van der Waals surface area contributed by atoms with Crippen LogP contribution in [0.1, 0.15) is 20.8 Å². The lowest BCUT2D eigenvalue weighted by Crippen LogP contribution is -2.04. The third kappa shape index (κ3) is 3.28. The number of carbonyl (C=O) groups is 1. The summed E-state index contributed by atoms with van der Waals surface area (Å²) in [5.41, 5.74) is 3.76. The SMILES string of the molecule is COc1cc(C)cc(C(=O)Cc2sccc2-c2nc3ccccc3s2)c1. The number of methoxy groups -OCH3 is 1. The molecule has 0 fully saturated rings. The van der Waals surface area contributed by atoms with Gasteiger partial charge in [-0.2, -0.15) is 0 Å². The van der Waals surface area contributed by atoms with Crippen LogP contribution in [0.2, 0.25) is 0 Å². The summed E-state index contributed by atoms with van der Waals surface area (Å²) in [5, 5.41) is 3.00. The molecule has 0 aliphatic carbocycles. The largest absolute Gasteiger partial charge is 0.497 e. The monoisotopic (exact) mass is 379 g/mol. The fraction of sp³-hybridized carbons (Fsp3) is 0.143. The number of aryl methyl sites for hydroxylation is 1. The van der Waals surface area contributed by atoms with Crippen LogP contribution in [-0.4, -0.2) is 17.9 Å². The van der Waals surface area contributed by atoms with Gasteiger partial charge < -0.3 is 4.74 Å². The number of ether oxygens (including phenoxy) is 1. The van der Waals surface area contributed by atoms with Crippen LogP contribution < -0.4 is 4.74 Å². The first-order valence-corrected chi connectivity index (χ1v) is 9.95. The highest BCUT2D eigenvalue weighted by molar-refractivity contribution is 7.22. The first-order valence-electron chi connectivity index (χ1n) is 8.25. The van der Waals surface area contributed by atoms with Crippen molar-refractivity contribution in [2.75, 3.05) is 7.11 Å². The normalized spacial score (nSPS) is 11.0. The number of hydrogen-bond acceptors (Lipinski definition) is 5. The van der Waals surface area contributed by atoms with Crippen molar-refractivity contribution in [1.29, 1.82) is 0 Å². The van der Waals surface area contributed by atoms with Gasteiger partial charge >= 0.3 is 0 Å². The lowest BCUT2D eigenvalue weighted by atomic mass is 10.0. The fourth-order valence-corrected chi connectivity index (χ4v) is 4.89. The molecule has 0 N–H and O–H groups in total. The average Bonchev–Trinajstić information content (AvgIpc) is 3.27. The zero-order chi connectivity index (χ0) is 18.1. The van der Waals surface area contributed by atoms with Gasteiger partial charge in [0.1, 0.15) is 10.8 Å². The Morgan fingerprint density at radius 2 is 2.00 bits per heavy atom. The van der Waals surface area contributed by atoms with Gasteiger partial charge in [0, 0.05) is 22.4 Å². The summed E-state index contributed by atoms with van der Waals surface area (Å²) < 4.78 is 6.45. The first-order chi connectivity index (χ1) is 12.6. The van der Waals surface area contributed by atoms with Crippen LogP contribution in [0.25, 0.3) is 20.8 Å². The number of para-hydroxylation sites is 1. The van der Waals surface area contributed by atoms with Crippen molar-refractivity contribution >= 4 is 38.7 Å². The van der Waals surface area contributed by atoms with Crippen molar-refractivity contribution in [1.82, 2.24) is 4.98 Å². The maximum atomic E-state index is 12.8. The number of benzene rings is 2. The van der Waals surface area contributed by atoms with Crippen molar-refractivity contribution in [2.45, 2.75) is 13.3 Å². The zero-order valence-electron chi connectivity index (χ0n) is 14.5. The molecule has 2 aromatic heterocycles. The number of fused-ring (bicyclic) bond motifs is 1. The summed E-state index contributed by atoms with van der Waals surface area (Å²) in [4.78, 5) is 18.6. The number of thiophene rings is 1. The lowest BCUT2D eigenvalue weighted by Gasteiger charge is -2.06. The van der Waals surface area contributed by atoms with Gasteiger partial charge in [-0.1, -0.05) is 12.1 Å². The molecule has 0 bridgehead atoms. The van der Waals surface area contributed by atoms with Crippen LogP contribution >= 0.6 is 22.7 Å². The van der Waals surface area contributed by atoms with Gasteiger partial charge in [-0.3, -0.25) is 4.79 Å². The van der Waals surface area contributed by atoms with Gasteiger partial charge in [0.2, 0.25) is 0 Å². The summed E-state index contributed by atoms with van der Waals surface area (Å²) in [5.74, 6) is 0.808. The van der Waals surface area contributed by atoms with E-state index in [0.717, 1.165) is 31.2 Å². The van der Waals surface area contributed by atoms with Gasteiger partial charge in [-0.05, 0) is 54.3 Å². The van der Waals surface area contributed by atoms with Crippen LogP contribution in [0.3, 0.4) is 0 Å². The number of carbonyl (C=O) groups excluding carboxylic acids is 1. The van der Waals surface area contributed by atoms with Crippen LogP contribution in [0, 0.1) is 6.92 Å². The van der Waals surface area contributed by atoms with Crippen LogP contribution in [0.4, 0.5) is 0 Å². The predicted molar refractivity (Wildman–Crippen MR) is 109 cm³/mol. The molecule has 0 aliphatic heterocycles. The summed E-state index contributed by atoms with van der Waals surface area (Å²) in [6, 6.07) is 15.8. The molecule has 0 aliphatic rings. The number of aromatic nitrogens is 1. The van der Waals surface area contributed by atoms with Crippen molar-refractivity contribution in [2.24, 2.45) is 0 Å². The van der Waals surface area contributed by atoms with Crippen LogP contribution in [-0.2, 0) is 6.42 Å². The fourth-order valence-electron chi connectivity index (χ4n) is 2.93. The molecule has 0 spiro atoms. The number of hydrogen-bond donors (Lipinski definition) is 0. The summed E-state index contributed by atoms with van der Waals surface area (Å²) in [6.07, 6.45) is 0.371. The molecule has 3 nitrogen and oxygen atoms in total. The molecule has 0 radical (unpaired) electrons. The third-order valence-electron chi connectivity index (χ3n) is 4.20. The Balaban J connectivity index is 1.65. The predicted octanol–water partition coefficient (Wildman–Crippen LogP) is 5.77. The highest BCUT2D eigenvalue weighted by atomic mass is 32.1. The van der Waals surface area contributed by atoms with Gasteiger partial charge in [-0.25, -0.2) is 4.98 Å². The Hall–Kier alpha value is -2.50. The molecular weight excluding hydrogens is 362 g/mol. The molecule has 0 unspecified atom stereocenters.